The molecule has 1 heterocycles. The van der Waals surface area contributed by atoms with E-state index in [9.17, 15) is 0 Å². The second kappa shape index (κ2) is 4.78. The monoisotopic (exact) mass is 310 g/mol. The van der Waals surface area contributed by atoms with Crippen LogP contribution < -0.4 is 5.73 Å². The topological polar surface area (TPSA) is 38.9 Å². The molecule has 0 atom stereocenters. The van der Waals surface area contributed by atoms with Crippen molar-refractivity contribution in [1.29, 1.82) is 0 Å². The molecule has 0 saturated carbocycles. The Balaban J connectivity index is 2.39. The zero-order valence-electron chi connectivity index (χ0n) is 10.2. The standard InChI is InChI=1S/C13H15BrN2S/c1-7-4-8(2)10(9(3)5-7)6-11-12(14)16-13(15)17-11/h4-5H,6H2,1-3H3,(H2,15,16). The van der Waals surface area contributed by atoms with Gasteiger partial charge >= 0.3 is 0 Å². The fraction of sp³-hybridized carbons (Fsp3) is 0.308. The Morgan fingerprint density at radius 2 is 1.82 bits per heavy atom. The highest BCUT2D eigenvalue weighted by Crippen LogP contribution is 2.29. The Kier molecular flexibility index (Phi) is 3.54. The van der Waals surface area contributed by atoms with Gasteiger partial charge in [0.15, 0.2) is 5.13 Å². The first-order valence-corrected chi connectivity index (χ1v) is 7.05. The van der Waals surface area contributed by atoms with Crippen LogP contribution in [0.1, 0.15) is 27.1 Å². The molecule has 2 nitrogen and oxygen atoms in total. The van der Waals surface area contributed by atoms with Gasteiger partial charge in [-0.3, -0.25) is 0 Å². The lowest BCUT2D eigenvalue weighted by atomic mass is 9.97. The number of rotatable bonds is 2. The Morgan fingerprint density at radius 3 is 2.29 bits per heavy atom. The molecule has 0 fully saturated rings. The molecule has 0 radical (unpaired) electrons. The van der Waals surface area contributed by atoms with Crippen molar-refractivity contribution in [2.45, 2.75) is 27.2 Å². The molecule has 17 heavy (non-hydrogen) atoms. The van der Waals surface area contributed by atoms with E-state index in [0.29, 0.717) is 5.13 Å². The van der Waals surface area contributed by atoms with Crippen LogP contribution in [0.25, 0.3) is 0 Å². The van der Waals surface area contributed by atoms with Crippen molar-refractivity contribution in [1.82, 2.24) is 4.98 Å². The summed E-state index contributed by atoms with van der Waals surface area (Å²) in [5, 5.41) is 0.620. The predicted octanol–water partition coefficient (Wildman–Crippen LogP) is 4.00. The van der Waals surface area contributed by atoms with Gasteiger partial charge in [-0.2, -0.15) is 0 Å². The van der Waals surface area contributed by atoms with E-state index in [2.05, 4.69) is 53.8 Å². The van der Waals surface area contributed by atoms with Gasteiger partial charge in [-0.1, -0.05) is 17.7 Å². The molecule has 0 aliphatic rings. The Morgan fingerprint density at radius 1 is 1.24 bits per heavy atom. The lowest BCUT2D eigenvalue weighted by molar-refractivity contribution is 1.12. The normalized spacial score (nSPS) is 10.8. The van der Waals surface area contributed by atoms with Gasteiger partial charge in [0.05, 0.1) is 0 Å². The second-order valence-corrected chi connectivity index (χ2v) is 6.19. The van der Waals surface area contributed by atoms with Gasteiger partial charge in [0.25, 0.3) is 0 Å². The van der Waals surface area contributed by atoms with Crippen LogP contribution in [0.3, 0.4) is 0 Å². The van der Waals surface area contributed by atoms with Crippen LogP contribution in [-0.4, -0.2) is 4.98 Å². The highest BCUT2D eigenvalue weighted by Gasteiger charge is 2.11. The van der Waals surface area contributed by atoms with Crippen molar-refractivity contribution in [2.75, 3.05) is 5.73 Å². The third-order valence-electron chi connectivity index (χ3n) is 2.84. The molecule has 0 spiro atoms. The summed E-state index contributed by atoms with van der Waals surface area (Å²) in [7, 11) is 0. The molecule has 2 N–H and O–H groups in total. The number of hydrogen-bond acceptors (Lipinski definition) is 3. The Hall–Kier alpha value is -0.870. The number of nitrogens with two attached hydrogens (primary N) is 1. The quantitative estimate of drug-likeness (QED) is 0.910. The van der Waals surface area contributed by atoms with Crippen LogP contribution in [0.5, 0.6) is 0 Å². The number of hydrogen-bond donors (Lipinski definition) is 1. The minimum Gasteiger partial charge on any atom is -0.375 e. The van der Waals surface area contributed by atoms with Crippen LogP contribution in [0.15, 0.2) is 16.7 Å². The van der Waals surface area contributed by atoms with Crippen molar-refractivity contribution in [2.24, 2.45) is 0 Å². The van der Waals surface area contributed by atoms with Crippen LogP contribution in [-0.2, 0) is 6.42 Å². The summed E-state index contributed by atoms with van der Waals surface area (Å²) in [4.78, 5) is 5.39. The maximum absolute atomic E-state index is 5.71. The van der Waals surface area contributed by atoms with Crippen molar-refractivity contribution in [3.63, 3.8) is 0 Å². The number of aromatic nitrogens is 1. The summed E-state index contributed by atoms with van der Waals surface area (Å²) in [6.45, 7) is 6.45. The van der Waals surface area contributed by atoms with Crippen molar-refractivity contribution >= 4 is 32.4 Å². The highest BCUT2D eigenvalue weighted by atomic mass is 79.9. The van der Waals surface area contributed by atoms with E-state index in [1.807, 2.05) is 0 Å². The Labute approximate surface area is 114 Å². The molecule has 0 aliphatic carbocycles. The molecule has 0 saturated heterocycles. The van der Waals surface area contributed by atoms with E-state index in [4.69, 9.17) is 5.73 Å². The van der Waals surface area contributed by atoms with Crippen molar-refractivity contribution < 1.29 is 0 Å². The number of nitrogen functional groups attached to an aromatic ring is 1. The number of thiazole rings is 1. The van der Waals surface area contributed by atoms with Crippen LogP contribution >= 0.6 is 27.3 Å². The number of halogens is 1. The summed E-state index contributed by atoms with van der Waals surface area (Å²) in [5.74, 6) is 0. The number of aryl methyl sites for hydroxylation is 3. The third-order valence-corrected chi connectivity index (χ3v) is 4.65. The lowest BCUT2D eigenvalue weighted by Gasteiger charge is -2.10. The SMILES string of the molecule is Cc1cc(C)c(Cc2sc(N)nc2Br)c(C)c1. The van der Waals surface area contributed by atoms with E-state index < -0.39 is 0 Å². The van der Waals surface area contributed by atoms with E-state index in [-0.39, 0.29) is 0 Å². The number of benzene rings is 1. The van der Waals surface area contributed by atoms with Gasteiger partial charge in [0.2, 0.25) is 0 Å². The van der Waals surface area contributed by atoms with Gasteiger partial charge < -0.3 is 5.73 Å². The summed E-state index contributed by atoms with van der Waals surface area (Å²) in [6, 6.07) is 4.45. The predicted molar refractivity (Wildman–Crippen MR) is 77.7 cm³/mol. The first-order chi connectivity index (χ1) is 7.97. The van der Waals surface area contributed by atoms with E-state index in [1.54, 1.807) is 11.3 Å². The molecule has 2 rings (SSSR count). The number of nitrogens with zero attached hydrogens (tertiary/aromatic N) is 1. The first kappa shape index (κ1) is 12.6. The lowest BCUT2D eigenvalue weighted by Crippen LogP contribution is -1.95. The molecule has 1 aromatic carbocycles. The van der Waals surface area contributed by atoms with Gasteiger partial charge in [-0.05, 0) is 53.4 Å². The summed E-state index contributed by atoms with van der Waals surface area (Å²) < 4.78 is 0.874. The van der Waals surface area contributed by atoms with Crippen molar-refractivity contribution in [3.05, 3.63) is 43.9 Å². The van der Waals surface area contributed by atoms with Crippen LogP contribution in [0.2, 0.25) is 0 Å². The zero-order chi connectivity index (χ0) is 12.6. The summed E-state index contributed by atoms with van der Waals surface area (Å²) in [6.07, 6.45) is 0.896. The molecule has 2 aromatic rings. The van der Waals surface area contributed by atoms with Crippen molar-refractivity contribution in [3.8, 4) is 0 Å². The fourth-order valence-corrected chi connectivity index (χ4v) is 3.54. The minimum atomic E-state index is 0.620. The van der Waals surface area contributed by atoms with Crippen LogP contribution in [0, 0.1) is 20.8 Å². The molecule has 4 heteroatoms. The molecule has 0 unspecified atom stereocenters. The van der Waals surface area contributed by atoms with Gasteiger partial charge in [0.1, 0.15) is 4.60 Å². The second-order valence-electron chi connectivity index (χ2n) is 4.32. The molecular weight excluding hydrogens is 296 g/mol. The highest BCUT2D eigenvalue weighted by molar-refractivity contribution is 9.10. The molecule has 0 amide bonds. The van der Waals surface area contributed by atoms with Gasteiger partial charge in [-0.25, -0.2) is 4.98 Å². The summed E-state index contributed by atoms with van der Waals surface area (Å²) in [5.41, 5.74) is 11.1. The molecule has 0 bridgehead atoms. The fourth-order valence-electron chi connectivity index (χ4n) is 2.11. The third kappa shape index (κ3) is 2.69. The maximum Gasteiger partial charge on any atom is 0.181 e. The first-order valence-electron chi connectivity index (χ1n) is 5.44. The summed E-state index contributed by atoms with van der Waals surface area (Å²) >= 11 is 5.01. The van der Waals surface area contributed by atoms with Crippen LogP contribution in [0.4, 0.5) is 5.13 Å². The largest absolute Gasteiger partial charge is 0.375 e. The average molecular weight is 311 g/mol. The molecule has 90 valence electrons. The minimum absolute atomic E-state index is 0.620. The zero-order valence-corrected chi connectivity index (χ0v) is 12.6. The van der Waals surface area contributed by atoms with E-state index in [1.165, 1.54) is 27.1 Å². The van der Waals surface area contributed by atoms with E-state index >= 15 is 0 Å². The smallest absolute Gasteiger partial charge is 0.181 e. The molecular formula is C13H15BrN2S. The van der Waals surface area contributed by atoms with Gasteiger partial charge in [0, 0.05) is 11.3 Å². The van der Waals surface area contributed by atoms with E-state index in [0.717, 1.165) is 11.0 Å². The van der Waals surface area contributed by atoms with Gasteiger partial charge in [-0.15, -0.1) is 11.3 Å². The molecule has 0 aliphatic heterocycles. The maximum atomic E-state index is 5.71. The Bertz CT molecular complexity index is 538. The number of anilines is 1. The molecule has 1 aromatic heterocycles. The average Bonchev–Trinajstić information content (AvgIpc) is 2.51.